The number of rotatable bonds is 3. The van der Waals surface area contributed by atoms with Crippen LogP contribution in [0.3, 0.4) is 0 Å². The quantitative estimate of drug-likeness (QED) is 0.723. The predicted molar refractivity (Wildman–Crippen MR) is 78.9 cm³/mol. The van der Waals surface area contributed by atoms with Crippen LogP contribution < -0.4 is 5.73 Å². The second-order valence-corrected chi connectivity index (χ2v) is 8.48. The Hall–Kier alpha value is -0.210. The second kappa shape index (κ2) is 5.21. The molecule has 0 amide bonds. The van der Waals surface area contributed by atoms with Gasteiger partial charge in [-0.2, -0.15) is 4.31 Å². The Balaban J connectivity index is 1.72. The Morgan fingerprint density at radius 2 is 1.85 bits per heavy atom. The number of hydrogen-bond donors (Lipinski definition) is 1. The zero-order valence-electron chi connectivity index (χ0n) is 12.3. The highest BCUT2D eigenvalue weighted by molar-refractivity contribution is 7.88. The molecule has 2 bridgehead atoms. The van der Waals surface area contributed by atoms with Crippen molar-refractivity contribution >= 4 is 10.0 Å². The maximum atomic E-state index is 11.6. The van der Waals surface area contributed by atoms with Gasteiger partial charge in [-0.3, -0.25) is 4.90 Å². The first-order valence-electron chi connectivity index (χ1n) is 7.58. The average molecular weight is 302 g/mol. The molecule has 3 atom stereocenters. The van der Waals surface area contributed by atoms with Gasteiger partial charge in [-0.15, -0.1) is 0 Å². The zero-order chi connectivity index (χ0) is 14.4. The SMILES string of the molecule is CS(=O)(=O)N1CCN(C2(CN)CCN3CCC2C3)CC1. The van der Waals surface area contributed by atoms with Crippen LogP contribution >= 0.6 is 0 Å². The van der Waals surface area contributed by atoms with Crippen molar-refractivity contribution in [3.63, 3.8) is 0 Å². The van der Waals surface area contributed by atoms with E-state index in [1.54, 1.807) is 4.31 Å². The van der Waals surface area contributed by atoms with Gasteiger partial charge in [0, 0.05) is 44.8 Å². The van der Waals surface area contributed by atoms with Crippen molar-refractivity contribution in [1.82, 2.24) is 14.1 Å². The monoisotopic (exact) mass is 302 g/mol. The van der Waals surface area contributed by atoms with E-state index in [4.69, 9.17) is 5.73 Å². The number of fused-ring (bicyclic) bond motifs is 2. The molecular formula is C13H26N4O2S. The van der Waals surface area contributed by atoms with Crippen LogP contribution in [0.2, 0.25) is 0 Å². The smallest absolute Gasteiger partial charge is 0.211 e. The second-order valence-electron chi connectivity index (χ2n) is 6.49. The molecule has 20 heavy (non-hydrogen) atoms. The lowest BCUT2D eigenvalue weighted by molar-refractivity contribution is -0.0104. The molecule has 6 nitrogen and oxygen atoms in total. The molecule has 0 radical (unpaired) electrons. The number of nitrogens with two attached hydrogens (primary N) is 1. The predicted octanol–water partition coefficient (Wildman–Crippen LogP) is -1.01. The van der Waals surface area contributed by atoms with Crippen molar-refractivity contribution in [1.29, 1.82) is 0 Å². The van der Waals surface area contributed by atoms with E-state index in [0.717, 1.165) is 26.1 Å². The number of nitrogens with zero attached hydrogens (tertiary/aromatic N) is 3. The van der Waals surface area contributed by atoms with Gasteiger partial charge in [0.05, 0.1) is 6.26 Å². The van der Waals surface area contributed by atoms with E-state index in [-0.39, 0.29) is 5.54 Å². The molecule has 3 fully saturated rings. The third-order valence-corrected chi connectivity index (χ3v) is 6.89. The molecule has 0 aliphatic carbocycles. The summed E-state index contributed by atoms with van der Waals surface area (Å²) in [5.41, 5.74) is 6.29. The van der Waals surface area contributed by atoms with Crippen LogP contribution in [-0.4, -0.2) is 86.7 Å². The lowest BCUT2D eigenvalue weighted by Gasteiger charge is -2.52. The fourth-order valence-electron chi connectivity index (χ4n) is 4.31. The molecule has 0 aromatic heterocycles. The summed E-state index contributed by atoms with van der Waals surface area (Å²) < 4.78 is 24.8. The highest BCUT2D eigenvalue weighted by Gasteiger charge is 2.49. The van der Waals surface area contributed by atoms with E-state index in [2.05, 4.69) is 9.80 Å². The molecule has 116 valence electrons. The Bertz CT molecular complexity index is 461. The van der Waals surface area contributed by atoms with Gasteiger partial charge in [0.1, 0.15) is 0 Å². The Morgan fingerprint density at radius 1 is 1.15 bits per heavy atom. The van der Waals surface area contributed by atoms with Gasteiger partial charge in [0.2, 0.25) is 10.0 Å². The molecule has 3 rings (SSSR count). The van der Waals surface area contributed by atoms with Crippen LogP contribution in [0.5, 0.6) is 0 Å². The summed E-state index contributed by atoms with van der Waals surface area (Å²) in [4.78, 5) is 5.02. The van der Waals surface area contributed by atoms with Gasteiger partial charge in [0.25, 0.3) is 0 Å². The first-order valence-corrected chi connectivity index (χ1v) is 9.43. The number of sulfonamides is 1. The summed E-state index contributed by atoms with van der Waals surface area (Å²) in [6, 6.07) is 0. The average Bonchev–Trinajstić information content (AvgIpc) is 2.83. The van der Waals surface area contributed by atoms with Crippen molar-refractivity contribution in [3.8, 4) is 0 Å². The molecule has 3 unspecified atom stereocenters. The third-order valence-electron chi connectivity index (χ3n) is 5.58. The van der Waals surface area contributed by atoms with Crippen molar-refractivity contribution in [2.45, 2.75) is 18.4 Å². The molecule has 3 aliphatic rings. The topological polar surface area (TPSA) is 69.9 Å². The zero-order valence-corrected chi connectivity index (χ0v) is 13.1. The first kappa shape index (κ1) is 14.7. The molecule has 0 aromatic rings. The van der Waals surface area contributed by atoms with Gasteiger partial charge in [-0.25, -0.2) is 8.42 Å². The fourth-order valence-corrected chi connectivity index (χ4v) is 5.14. The molecule has 0 saturated carbocycles. The largest absolute Gasteiger partial charge is 0.329 e. The number of piperazine rings is 1. The van der Waals surface area contributed by atoms with Crippen molar-refractivity contribution < 1.29 is 8.42 Å². The summed E-state index contributed by atoms with van der Waals surface area (Å²) in [5, 5.41) is 0. The van der Waals surface area contributed by atoms with Crippen LogP contribution in [0, 0.1) is 5.92 Å². The third kappa shape index (κ3) is 2.39. The Morgan fingerprint density at radius 3 is 2.45 bits per heavy atom. The normalized spacial score (nSPS) is 40.1. The number of piperidine rings is 1. The van der Waals surface area contributed by atoms with E-state index in [9.17, 15) is 8.42 Å². The maximum Gasteiger partial charge on any atom is 0.211 e. The molecule has 3 aliphatic heterocycles. The molecule has 3 saturated heterocycles. The molecule has 7 heteroatoms. The maximum absolute atomic E-state index is 11.6. The Labute approximate surface area is 121 Å². The molecule has 2 N–H and O–H groups in total. The summed E-state index contributed by atoms with van der Waals surface area (Å²) in [5.74, 6) is 0.658. The van der Waals surface area contributed by atoms with Gasteiger partial charge in [-0.1, -0.05) is 0 Å². The summed E-state index contributed by atoms with van der Waals surface area (Å²) in [6.07, 6.45) is 3.67. The molecule has 0 spiro atoms. The minimum Gasteiger partial charge on any atom is -0.329 e. The van der Waals surface area contributed by atoms with Gasteiger partial charge >= 0.3 is 0 Å². The van der Waals surface area contributed by atoms with Crippen LogP contribution in [0.1, 0.15) is 12.8 Å². The van der Waals surface area contributed by atoms with E-state index < -0.39 is 10.0 Å². The highest BCUT2D eigenvalue weighted by Crippen LogP contribution is 2.39. The highest BCUT2D eigenvalue weighted by atomic mass is 32.2. The molecular weight excluding hydrogens is 276 g/mol. The van der Waals surface area contributed by atoms with Gasteiger partial charge in [-0.05, 0) is 31.8 Å². The lowest BCUT2D eigenvalue weighted by atomic mass is 9.77. The minimum atomic E-state index is -3.05. The molecule has 0 aromatic carbocycles. The minimum absolute atomic E-state index is 0.108. The summed E-state index contributed by atoms with van der Waals surface area (Å²) in [7, 11) is -3.05. The van der Waals surface area contributed by atoms with Crippen LogP contribution in [0.25, 0.3) is 0 Å². The Kier molecular flexibility index (Phi) is 3.83. The van der Waals surface area contributed by atoms with E-state index in [1.165, 1.54) is 25.8 Å². The fraction of sp³-hybridized carbons (Fsp3) is 1.00. The van der Waals surface area contributed by atoms with Crippen LogP contribution in [0.4, 0.5) is 0 Å². The standard InChI is InChI=1S/C13H26N4O2S/c1-20(18,19)17-8-6-16(7-9-17)13(11-14)3-5-15-4-2-12(13)10-15/h12H,2-11,14H2,1H3. The van der Waals surface area contributed by atoms with E-state index >= 15 is 0 Å². The van der Waals surface area contributed by atoms with Crippen molar-refractivity contribution in [2.75, 3.05) is 58.6 Å². The van der Waals surface area contributed by atoms with Crippen LogP contribution in [-0.2, 0) is 10.0 Å². The van der Waals surface area contributed by atoms with Crippen molar-refractivity contribution in [2.24, 2.45) is 11.7 Å². The lowest BCUT2D eigenvalue weighted by Crippen LogP contribution is -2.66. The van der Waals surface area contributed by atoms with Crippen molar-refractivity contribution in [3.05, 3.63) is 0 Å². The van der Waals surface area contributed by atoms with Crippen LogP contribution in [0.15, 0.2) is 0 Å². The summed E-state index contributed by atoms with van der Waals surface area (Å²) in [6.45, 7) is 7.07. The number of hydrogen-bond acceptors (Lipinski definition) is 5. The summed E-state index contributed by atoms with van der Waals surface area (Å²) >= 11 is 0. The molecule has 3 heterocycles. The first-order chi connectivity index (χ1) is 9.45. The van der Waals surface area contributed by atoms with E-state index in [1.807, 2.05) is 0 Å². The van der Waals surface area contributed by atoms with Gasteiger partial charge < -0.3 is 10.6 Å². The van der Waals surface area contributed by atoms with E-state index in [0.29, 0.717) is 25.6 Å². The van der Waals surface area contributed by atoms with Gasteiger partial charge in [0.15, 0.2) is 0 Å².